The highest BCUT2D eigenvalue weighted by Gasteiger charge is 2.02. The Balaban J connectivity index is 2.11. The normalized spacial score (nSPS) is 10.5. The van der Waals surface area contributed by atoms with Crippen molar-refractivity contribution in [1.82, 2.24) is 0 Å². The third kappa shape index (κ3) is 6.43. The number of rotatable bonds is 9. The van der Waals surface area contributed by atoms with Gasteiger partial charge in [0.25, 0.3) is 0 Å². The summed E-state index contributed by atoms with van der Waals surface area (Å²) in [5.41, 5.74) is 7.60. The summed E-state index contributed by atoms with van der Waals surface area (Å²) in [5.74, 6) is 0.392. The van der Waals surface area contributed by atoms with Gasteiger partial charge in [-0.25, -0.2) is 0 Å². The highest BCUT2D eigenvalue weighted by molar-refractivity contribution is 5.78. The third-order valence-electron chi connectivity index (χ3n) is 3.23. The van der Waals surface area contributed by atoms with Crippen LogP contribution in [0.3, 0.4) is 0 Å². The van der Waals surface area contributed by atoms with E-state index in [1.165, 1.54) is 31.2 Å². The van der Waals surface area contributed by atoms with E-state index < -0.39 is 0 Å². The van der Waals surface area contributed by atoms with E-state index in [-0.39, 0.29) is 0 Å². The number of anilines is 1. The quantitative estimate of drug-likeness (QED) is 0.526. The van der Waals surface area contributed by atoms with Crippen LogP contribution in [0.15, 0.2) is 24.3 Å². The second-order valence-electron chi connectivity index (χ2n) is 4.94. The van der Waals surface area contributed by atoms with Gasteiger partial charge in [-0.1, -0.05) is 44.7 Å². The summed E-state index contributed by atoms with van der Waals surface area (Å²) < 4.78 is 0. The molecule has 0 aliphatic heterocycles. The Hall–Kier alpha value is -1.31. The maximum Gasteiger partial charge on any atom is 0.133 e. The molecule has 0 aliphatic carbocycles. The van der Waals surface area contributed by atoms with E-state index >= 15 is 0 Å². The van der Waals surface area contributed by atoms with E-state index in [1.807, 2.05) is 24.3 Å². The molecule has 1 aromatic carbocycles. The Morgan fingerprint density at radius 1 is 1.00 bits per heavy atom. The molecule has 0 saturated carbocycles. The van der Waals surface area contributed by atoms with Crippen LogP contribution in [0.4, 0.5) is 5.69 Å². The number of benzene rings is 1. The summed E-state index contributed by atoms with van der Waals surface area (Å²) in [6.45, 7) is 2.21. The Kier molecular flexibility index (Phi) is 7.16. The molecule has 0 spiro atoms. The lowest BCUT2D eigenvalue weighted by Gasteiger charge is -2.02. The number of carbonyl (C=O) groups excluding carboxylic acids is 1. The number of nitrogen functional groups attached to an aromatic ring is 1. The maximum absolute atomic E-state index is 11.7. The fraction of sp³-hybridized carbons (Fsp3) is 0.562. The van der Waals surface area contributed by atoms with Gasteiger partial charge in [0.1, 0.15) is 5.78 Å². The van der Waals surface area contributed by atoms with Gasteiger partial charge in [0.15, 0.2) is 0 Å². The van der Waals surface area contributed by atoms with Gasteiger partial charge in [0.2, 0.25) is 0 Å². The van der Waals surface area contributed by atoms with Gasteiger partial charge in [0.05, 0.1) is 0 Å². The zero-order valence-corrected chi connectivity index (χ0v) is 11.5. The summed E-state index contributed by atoms with van der Waals surface area (Å²) in [6.07, 6.45) is 8.32. The molecule has 18 heavy (non-hydrogen) atoms. The van der Waals surface area contributed by atoms with Crippen LogP contribution < -0.4 is 5.73 Å². The predicted molar refractivity (Wildman–Crippen MR) is 77.6 cm³/mol. The molecule has 2 heteroatoms. The van der Waals surface area contributed by atoms with Crippen LogP contribution >= 0.6 is 0 Å². The minimum Gasteiger partial charge on any atom is -0.399 e. The van der Waals surface area contributed by atoms with Gasteiger partial charge < -0.3 is 5.73 Å². The molecule has 0 bridgehead atoms. The lowest BCUT2D eigenvalue weighted by molar-refractivity contribution is -0.119. The molecular formula is C16H25NO. The fourth-order valence-corrected chi connectivity index (χ4v) is 2.02. The molecule has 0 unspecified atom stereocenters. The number of unbranched alkanes of at least 4 members (excludes halogenated alkanes) is 4. The minimum atomic E-state index is 0.392. The zero-order chi connectivity index (χ0) is 13.2. The highest BCUT2D eigenvalue weighted by Crippen LogP contribution is 2.10. The van der Waals surface area contributed by atoms with Crippen molar-refractivity contribution < 1.29 is 4.79 Å². The van der Waals surface area contributed by atoms with Gasteiger partial charge >= 0.3 is 0 Å². The number of hydrogen-bond acceptors (Lipinski definition) is 2. The molecule has 2 N–H and O–H groups in total. The lowest BCUT2D eigenvalue weighted by atomic mass is 10.0. The van der Waals surface area contributed by atoms with Crippen LogP contribution in [0, 0.1) is 0 Å². The summed E-state index contributed by atoms with van der Waals surface area (Å²) >= 11 is 0. The van der Waals surface area contributed by atoms with Crippen LogP contribution in [0.5, 0.6) is 0 Å². The summed E-state index contributed by atoms with van der Waals surface area (Å²) in [4.78, 5) is 11.7. The number of carbonyl (C=O) groups is 1. The van der Waals surface area contributed by atoms with Crippen LogP contribution in [0.1, 0.15) is 57.4 Å². The van der Waals surface area contributed by atoms with E-state index in [9.17, 15) is 4.79 Å². The Morgan fingerprint density at radius 2 is 1.67 bits per heavy atom. The molecule has 0 heterocycles. The average Bonchev–Trinajstić information content (AvgIpc) is 2.38. The van der Waals surface area contributed by atoms with Crippen molar-refractivity contribution in [1.29, 1.82) is 0 Å². The predicted octanol–water partition coefficient (Wildman–Crippen LogP) is 4.13. The van der Waals surface area contributed by atoms with E-state index in [0.29, 0.717) is 12.2 Å². The molecule has 1 rings (SSSR count). The van der Waals surface area contributed by atoms with Gasteiger partial charge in [-0.05, 0) is 30.5 Å². The zero-order valence-electron chi connectivity index (χ0n) is 11.5. The van der Waals surface area contributed by atoms with E-state index in [1.54, 1.807) is 0 Å². The van der Waals surface area contributed by atoms with Crippen molar-refractivity contribution >= 4 is 11.5 Å². The SMILES string of the molecule is CCCCCCCC(=O)CCc1ccc(N)cc1. The first kappa shape index (κ1) is 14.7. The van der Waals surface area contributed by atoms with Crippen LogP contribution in [-0.2, 0) is 11.2 Å². The monoisotopic (exact) mass is 247 g/mol. The average molecular weight is 247 g/mol. The number of aryl methyl sites for hydroxylation is 1. The highest BCUT2D eigenvalue weighted by atomic mass is 16.1. The molecule has 0 atom stereocenters. The van der Waals surface area contributed by atoms with Gasteiger partial charge in [-0.15, -0.1) is 0 Å². The van der Waals surface area contributed by atoms with Crippen molar-refractivity contribution in [2.75, 3.05) is 5.73 Å². The molecule has 1 aromatic rings. The summed E-state index contributed by atoms with van der Waals surface area (Å²) in [6, 6.07) is 7.79. The maximum atomic E-state index is 11.7. The van der Waals surface area contributed by atoms with E-state index in [4.69, 9.17) is 5.73 Å². The second kappa shape index (κ2) is 8.73. The Morgan fingerprint density at radius 3 is 2.33 bits per heavy atom. The summed E-state index contributed by atoms with van der Waals surface area (Å²) in [5, 5.41) is 0. The molecule has 100 valence electrons. The first-order valence-electron chi connectivity index (χ1n) is 7.08. The standard InChI is InChI=1S/C16H25NO/c1-2-3-4-5-6-7-16(18)13-10-14-8-11-15(17)12-9-14/h8-9,11-12H,2-7,10,13,17H2,1H3. The summed E-state index contributed by atoms with van der Waals surface area (Å²) in [7, 11) is 0. The largest absolute Gasteiger partial charge is 0.399 e. The van der Waals surface area contributed by atoms with E-state index in [0.717, 1.165) is 24.9 Å². The smallest absolute Gasteiger partial charge is 0.133 e. The van der Waals surface area contributed by atoms with Gasteiger partial charge in [-0.3, -0.25) is 4.79 Å². The van der Waals surface area contributed by atoms with Crippen LogP contribution in [0.2, 0.25) is 0 Å². The topological polar surface area (TPSA) is 43.1 Å². The van der Waals surface area contributed by atoms with Crippen molar-refractivity contribution in [3.8, 4) is 0 Å². The molecule has 0 saturated heterocycles. The molecular weight excluding hydrogens is 222 g/mol. The molecule has 0 aliphatic rings. The lowest BCUT2D eigenvalue weighted by Crippen LogP contribution is -2.00. The number of nitrogens with two attached hydrogens (primary N) is 1. The molecule has 0 aromatic heterocycles. The second-order valence-corrected chi connectivity index (χ2v) is 4.94. The van der Waals surface area contributed by atoms with Crippen molar-refractivity contribution in [3.05, 3.63) is 29.8 Å². The van der Waals surface area contributed by atoms with Crippen molar-refractivity contribution in [2.45, 2.75) is 58.3 Å². The van der Waals surface area contributed by atoms with Crippen LogP contribution in [0.25, 0.3) is 0 Å². The van der Waals surface area contributed by atoms with Gasteiger partial charge in [-0.2, -0.15) is 0 Å². The first-order valence-corrected chi connectivity index (χ1v) is 7.08. The van der Waals surface area contributed by atoms with Crippen LogP contribution in [-0.4, -0.2) is 5.78 Å². The molecule has 0 radical (unpaired) electrons. The third-order valence-corrected chi connectivity index (χ3v) is 3.23. The minimum absolute atomic E-state index is 0.392. The molecule has 0 amide bonds. The number of ketones is 1. The fourth-order valence-electron chi connectivity index (χ4n) is 2.02. The van der Waals surface area contributed by atoms with E-state index in [2.05, 4.69) is 6.92 Å². The Bertz CT molecular complexity index is 343. The van der Waals surface area contributed by atoms with Crippen molar-refractivity contribution in [2.24, 2.45) is 0 Å². The number of hydrogen-bond donors (Lipinski definition) is 1. The first-order chi connectivity index (χ1) is 8.72. The molecule has 0 fully saturated rings. The Labute approximate surface area is 111 Å². The number of Topliss-reactive ketones (excluding diaryl/α,β-unsaturated/α-hetero) is 1. The van der Waals surface area contributed by atoms with Gasteiger partial charge in [0, 0.05) is 18.5 Å². The van der Waals surface area contributed by atoms with Crippen molar-refractivity contribution in [3.63, 3.8) is 0 Å². The molecule has 2 nitrogen and oxygen atoms in total.